The van der Waals surface area contributed by atoms with Crippen LogP contribution in [0.15, 0.2) is 85.8 Å². The maximum atomic E-state index is 11.9. The molecule has 1 amide bonds. The zero-order chi connectivity index (χ0) is 19.2. The minimum atomic E-state index is 0.582. The first-order valence-electron chi connectivity index (χ1n) is 8.76. The van der Waals surface area contributed by atoms with Gasteiger partial charge in [0.05, 0.1) is 12.0 Å². The molecule has 138 valence electrons. The Bertz CT molecular complexity index is 1030. The van der Waals surface area contributed by atoms with E-state index in [1.54, 1.807) is 36.0 Å². The molecule has 0 saturated heterocycles. The number of aromatic nitrogens is 4. The summed E-state index contributed by atoms with van der Waals surface area (Å²) >= 11 is 0. The highest BCUT2D eigenvalue weighted by molar-refractivity contribution is 5.90. The van der Waals surface area contributed by atoms with Crippen molar-refractivity contribution in [1.82, 2.24) is 19.5 Å². The Morgan fingerprint density at radius 3 is 2.50 bits per heavy atom. The molecule has 4 aromatic rings. The molecule has 7 nitrogen and oxygen atoms in total. The van der Waals surface area contributed by atoms with Crippen molar-refractivity contribution in [3.8, 4) is 5.69 Å². The van der Waals surface area contributed by atoms with Crippen molar-refractivity contribution in [2.45, 2.75) is 6.54 Å². The van der Waals surface area contributed by atoms with E-state index in [9.17, 15) is 4.79 Å². The second-order valence-corrected chi connectivity index (χ2v) is 6.04. The van der Waals surface area contributed by atoms with Crippen LogP contribution in [0.1, 0.15) is 5.56 Å². The molecular formula is C21H18N6O. The lowest BCUT2D eigenvalue weighted by Gasteiger charge is -2.21. The Balaban J connectivity index is 1.59. The number of hydrogen-bond acceptors (Lipinski definition) is 5. The fraction of sp³-hybridized carbons (Fsp3) is 0.0476. The molecule has 0 aliphatic heterocycles. The molecule has 1 N–H and O–H groups in total. The Labute approximate surface area is 162 Å². The molecule has 4 rings (SSSR count). The van der Waals surface area contributed by atoms with E-state index in [2.05, 4.69) is 20.3 Å². The number of carbonyl (C=O) groups is 1. The van der Waals surface area contributed by atoms with Gasteiger partial charge in [-0.15, -0.1) is 0 Å². The van der Waals surface area contributed by atoms with Crippen molar-refractivity contribution < 1.29 is 4.79 Å². The first kappa shape index (κ1) is 17.4. The normalized spacial score (nSPS) is 10.4. The van der Waals surface area contributed by atoms with Gasteiger partial charge in [-0.05, 0) is 54.1 Å². The number of nitrogens with one attached hydrogen (secondary N) is 1. The van der Waals surface area contributed by atoms with Crippen molar-refractivity contribution in [2.75, 3.05) is 10.2 Å². The van der Waals surface area contributed by atoms with Crippen LogP contribution in [-0.4, -0.2) is 25.9 Å². The summed E-state index contributed by atoms with van der Waals surface area (Å²) in [5.74, 6) is 0.630. The molecule has 7 heteroatoms. The van der Waals surface area contributed by atoms with Crippen LogP contribution in [0.25, 0.3) is 5.69 Å². The van der Waals surface area contributed by atoms with E-state index in [1.807, 2.05) is 59.3 Å². The quantitative estimate of drug-likeness (QED) is 0.503. The second-order valence-electron chi connectivity index (χ2n) is 6.04. The highest BCUT2D eigenvalue weighted by Gasteiger charge is 2.14. The molecule has 0 saturated carbocycles. The number of benzene rings is 1. The van der Waals surface area contributed by atoms with Gasteiger partial charge in [0.1, 0.15) is 0 Å². The molecule has 3 aromatic heterocycles. The van der Waals surface area contributed by atoms with E-state index < -0.39 is 0 Å². The van der Waals surface area contributed by atoms with Gasteiger partial charge in [0, 0.05) is 48.9 Å². The second kappa shape index (κ2) is 8.13. The average molecular weight is 370 g/mol. The van der Waals surface area contributed by atoms with Crippen LogP contribution >= 0.6 is 0 Å². The number of amides is 1. The maximum Gasteiger partial charge on any atom is 0.218 e. The van der Waals surface area contributed by atoms with E-state index in [0.717, 1.165) is 23.3 Å². The van der Waals surface area contributed by atoms with Crippen LogP contribution in [0.3, 0.4) is 0 Å². The Morgan fingerprint density at radius 2 is 1.79 bits per heavy atom. The Morgan fingerprint density at radius 1 is 0.964 bits per heavy atom. The largest absolute Gasteiger partial charge is 0.364 e. The first-order chi connectivity index (χ1) is 13.8. The predicted molar refractivity (Wildman–Crippen MR) is 108 cm³/mol. The van der Waals surface area contributed by atoms with E-state index in [0.29, 0.717) is 18.1 Å². The topological polar surface area (TPSA) is 75.9 Å². The standard InChI is InChI=1S/C21H18N6O/c28-16-27(19-5-3-18(4-6-19)26-13-12-23-15-26)20-2-1-9-24-21(20)25-14-17-7-10-22-11-8-17/h1-13,15-16H,14H2,(H,24,25). The summed E-state index contributed by atoms with van der Waals surface area (Å²) in [6.45, 7) is 0.582. The Kier molecular flexibility index (Phi) is 5.06. The summed E-state index contributed by atoms with van der Waals surface area (Å²) < 4.78 is 1.90. The molecule has 28 heavy (non-hydrogen) atoms. The zero-order valence-corrected chi connectivity index (χ0v) is 15.0. The summed E-state index contributed by atoms with van der Waals surface area (Å²) in [6, 6.07) is 15.2. The van der Waals surface area contributed by atoms with Crippen LogP contribution in [0.2, 0.25) is 0 Å². The van der Waals surface area contributed by atoms with Crippen molar-refractivity contribution in [3.63, 3.8) is 0 Å². The van der Waals surface area contributed by atoms with Gasteiger partial charge in [-0.25, -0.2) is 9.97 Å². The maximum absolute atomic E-state index is 11.9. The summed E-state index contributed by atoms with van der Waals surface area (Å²) in [5.41, 5.74) is 3.48. The average Bonchev–Trinajstić information content (AvgIpc) is 3.30. The van der Waals surface area contributed by atoms with E-state index in [1.165, 1.54) is 0 Å². The van der Waals surface area contributed by atoms with E-state index >= 15 is 0 Å². The highest BCUT2D eigenvalue weighted by atomic mass is 16.1. The van der Waals surface area contributed by atoms with Gasteiger partial charge in [-0.1, -0.05) is 0 Å². The van der Waals surface area contributed by atoms with Gasteiger partial charge in [-0.2, -0.15) is 0 Å². The molecule has 0 radical (unpaired) electrons. The molecule has 0 atom stereocenters. The summed E-state index contributed by atoms with van der Waals surface area (Å²) in [6.07, 6.45) is 11.3. The Hall–Kier alpha value is -4.00. The zero-order valence-electron chi connectivity index (χ0n) is 15.0. The van der Waals surface area contributed by atoms with Crippen LogP contribution in [-0.2, 0) is 11.3 Å². The molecule has 0 aliphatic rings. The number of anilines is 3. The molecular weight excluding hydrogens is 352 g/mol. The van der Waals surface area contributed by atoms with Gasteiger partial charge in [0.25, 0.3) is 0 Å². The number of rotatable bonds is 7. The minimum absolute atomic E-state index is 0.582. The molecule has 0 aliphatic carbocycles. The lowest BCUT2D eigenvalue weighted by Crippen LogP contribution is -2.17. The number of carbonyl (C=O) groups excluding carboxylic acids is 1. The molecule has 0 spiro atoms. The monoisotopic (exact) mass is 370 g/mol. The van der Waals surface area contributed by atoms with Crippen LogP contribution in [0.5, 0.6) is 0 Å². The summed E-state index contributed by atoms with van der Waals surface area (Å²) in [5, 5.41) is 3.30. The third-order valence-corrected chi connectivity index (χ3v) is 4.29. The molecule has 0 bridgehead atoms. The third-order valence-electron chi connectivity index (χ3n) is 4.29. The third kappa shape index (κ3) is 3.73. The van der Waals surface area contributed by atoms with Crippen molar-refractivity contribution in [3.05, 3.63) is 91.4 Å². The molecule has 3 heterocycles. The lowest BCUT2D eigenvalue weighted by atomic mass is 10.2. The smallest absolute Gasteiger partial charge is 0.218 e. The molecule has 1 aromatic carbocycles. The van der Waals surface area contributed by atoms with Crippen molar-refractivity contribution >= 4 is 23.6 Å². The van der Waals surface area contributed by atoms with Gasteiger partial charge in [0.15, 0.2) is 5.82 Å². The van der Waals surface area contributed by atoms with Gasteiger partial charge >= 0.3 is 0 Å². The SMILES string of the molecule is O=CN(c1ccc(-n2ccnc2)cc1)c1cccnc1NCc1ccncc1. The van der Waals surface area contributed by atoms with Crippen LogP contribution < -0.4 is 10.2 Å². The molecule has 0 fully saturated rings. The number of hydrogen-bond donors (Lipinski definition) is 1. The first-order valence-corrected chi connectivity index (χ1v) is 8.76. The number of imidazole rings is 1. The van der Waals surface area contributed by atoms with Crippen molar-refractivity contribution in [1.29, 1.82) is 0 Å². The van der Waals surface area contributed by atoms with Gasteiger partial charge < -0.3 is 9.88 Å². The van der Waals surface area contributed by atoms with Crippen LogP contribution in [0.4, 0.5) is 17.2 Å². The van der Waals surface area contributed by atoms with Crippen molar-refractivity contribution in [2.24, 2.45) is 0 Å². The summed E-state index contributed by atoms with van der Waals surface area (Å²) in [4.78, 5) is 25.9. The van der Waals surface area contributed by atoms with Gasteiger partial charge in [0.2, 0.25) is 6.41 Å². The highest BCUT2D eigenvalue weighted by Crippen LogP contribution is 2.30. The predicted octanol–water partition coefficient (Wildman–Crippen LogP) is 3.57. The number of nitrogens with zero attached hydrogens (tertiary/aromatic N) is 5. The lowest BCUT2D eigenvalue weighted by molar-refractivity contribution is -0.106. The fourth-order valence-corrected chi connectivity index (χ4v) is 2.87. The summed E-state index contributed by atoms with van der Waals surface area (Å²) in [7, 11) is 0. The van der Waals surface area contributed by atoms with Gasteiger partial charge in [-0.3, -0.25) is 14.7 Å². The van der Waals surface area contributed by atoms with Crippen LogP contribution in [0, 0.1) is 0 Å². The molecule has 0 unspecified atom stereocenters. The van der Waals surface area contributed by atoms with E-state index in [-0.39, 0.29) is 0 Å². The number of pyridine rings is 2. The fourth-order valence-electron chi connectivity index (χ4n) is 2.87. The van der Waals surface area contributed by atoms with E-state index in [4.69, 9.17) is 0 Å². The minimum Gasteiger partial charge on any atom is -0.364 e.